The van der Waals surface area contributed by atoms with E-state index in [2.05, 4.69) is 29.3 Å². The van der Waals surface area contributed by atoms with Gasteiger partial charge < -0.3 is 10.6 Å². The SMILES string of the molecule is NC1=Nc2cc(-c3ccc(C(=O)N4CCCC4)cc3)ccc2C=CC1. The Hall–Kier alpha value is -2.88. The van der Waals surface area contributed by atoms with Crippen LogP contribution in [0, 0.1) is 0 Å². The molecule has 4 heteroatoms. The number of fused-ring (bicyclic) bond motifs is 1. The molecule has 0 unspecified atom stereocenters. The number of carbonyl (C=O) groups is 1. The number of aliphatic imine (C=N–C) groups is 1. The van der Waals surface area contributed by atoms with Crippen LogP contribution >= 0.6 is 0 Å². The summed E-state index contributed by atoms with van der Waals surface area (Å²) in [6.07, 6.45) is 6.98. The van der Waals surface area contributed by atoms with Crippen LogP contribution in [-0.4, -0.2) is 29.7 Å². The molecule has 4 nitrogen and oxygen atoms in total. The van der Waals surface area contributed by atoms with E-state index in [1.54, 1.807) is 0 Å². The number of amides is 1. The van der Waals surface area contributed by atoms with Gasteiger partial charge in [-0.05, 0) is 47.7 Å². The van der Waals surface area contributed by atoms with Gasteiger partial charge in [0, 0.05) is 25.1 Å². The second-order valence-corrected chi connectivity index (χ2v) is 6.56. The Balaban J connectivity index is 1.61. The molecular weight excluding hydrogens is 310 g/mol. The van der Waals surface area contributed by atoms with E-state index in [1.807, 2.05) is 35.2 Å². The number of rotatable bonds is 2. The molecule has 1 fully saturated rings. The Morgan fingerprint density at radius 3 is 2.48 bits per heavy atom. The molecule has 1 amide bonds. The van der Waals surface area contributed by atoms with E-state index in [-0.39, 0.29) is 5.91 Å². The number of likely N-dealkylation sites (tertiary alicyclic amines) is 1. The largest absolute Gasteiger partial charge is 0.387 e. The fourth-order valence-corrected chi connectivity index (χ4v) is 3.38. The third kappa shape index (κ3) is 3.20. The van der Waals surface area contributed by atoms with Crippen LogP contribution < -0.4 is 5.73 Å². The molecule has 0 aromatic heterocycles. The molecule has 0 aliphatic carbocycles. The first-order chi connectivity index (χ1) is 12.2. The highest BCUT2D eigenvalue weighted by molar-refractivity contribution is 5.95. The Bertz CT molecular complexity index is 859. The number of hydrogen-bond donors (Lipinski definition) is 1. The van der Waals surface area contributed by atoms with E-state index in [9.17, 15) is 4.79 Å². The van der Waals surface area contributed by atoms with Crippen LogP contribution in [0.1, 0.15) is 35.2 Å². The molecule has 25 heavy (non-hydrogen) atoms. The summed E-state index contributed by atoms with van der Waals surface area (Å²) in [4.78, 5) is 18.9. The van der Waals surface area contributed by atoms with Crippen LogP contribution in [0.2, 0.25) is 0 Å². The van der Waals surface area contributed by atoms with Crippen molar-refractivity contribution in [2.24, 2.45) is 10.7 Å². The summed E-state index contributed by atoms with van der Waals surface area (Å²) in [6.45, 7) is 1.75. The molecule has 0 saturated carbocycles. The molecule has 4 rings (SSSR count). The minimum absolute atomic E-state index is 0.133. The van der Waals surface area contributed by atoms with Crippen LogP contribution in [0.4, 0.5) is 5.69 Å². The van der Waals surface area contributed by atoms with Crippen molar-refractivity contribution in [3.63, 3.8) is 0 Å². The molecular formula is C21H21N3O. The van der Waals surface area contributed by atoms with Crippen molar-refractivity contribution < 1.29 is 4.79 Å². The van der Waals surface area contributed by atoms with Crippen molar-refractivity contribution in [3.05, 3.63) is 59.7 Å². The van der Waals surface area contributed by atoms with E-state index in [0.29, 0.717) is 12.3 Å². The summed E-state index contributed by atoms with van der Waals surface area (Å²) in [5, 5.41) is 0. The highest BCUT2D eigenvalue weighted by Gasteiger charge is 2.19. The highest BCUT2D eigenvalue weighted by atomic mass is 16.2. The number of carbonyl (C=O) groups excluding carboxylic acids is 1. The number of nitrogens with zero attached hydrogens (tertiary/aromatic N) is 2. The van der Waals surface area contributed by atoms with Crippen molar-refractivity contribution in [1.29, 1.82) is 0 Å². The Morgan fingerprint density at radius 1 is 1.00 bits per heavy atom. The van der Waals surface area contributed by atoms with Gasteiger partial charge in [0.05, 0.1) is 5.69 Å². The summed E-state index contributed by atoms with van der Waals surface area (Å²) >= 11 is 0. The Kier molecular flexibility index (Phi) is 4.10. The average Bonchev–Trinajstić information content (AvgIpc) is 3.10. The molecule has 2 N–H and O–H groups in total. The summed E-state index contributed by atoms with van der Waals surface area (Å²) in [7, 11) is 0. The van der Waals surface area contributed by atoms with Crippen molar-refractivity contribution >= 4 is 23.5 Å². The molecule has 0 spiro atoms. The lowest BCUT2D eigenvalue weighted by Gasteiger charge is -2.15. The fourth-order valence-electron chi connectivity index (χ4n) is 3.38. The molecule has 0 atom stereocenters. The minimum Gasteiger partial charge on any atom is -0.387 e. The zero-order valence-corrected chi connectivity index (χ0v) is 14.1. The topological polar surface area (TPSA) is 58.7 Å². The van der Waals surface area contributed by atoms with Gasteiger partial charge in [0.2, 0.25) is 0 Å². The van der Waals surface area contributed by atoms with Gasteiger partial charge in [0.1, 0.15) is 5.84 Å². The Morgan fingerprint density at radius 2 is 1.72 bits per heavy atom. The van der Waals surface area contributed by atoms with Crippen molar-refractivity contribution in [2.45, 2.75) is 19.3 Å². The van der Waals surface area contributed by atoms with Gasteiger partial charge in [0.15, 0.2) is 0 Å². The molecule has 1 saturated heterocycles. The first-order valence-electron chi connectivity index (χ1n) is 8.74. The van der Waals surface area contributed by atoms with Gasteiger partial charge in [-0.15, -0.1) is 0 Å². The Labute approximate surface area is 147 Å². The van der Waals surface area contributed by atoms with Gasteiger partial charge in [-0.25, -0.2) is 4.99 Å². The predicted molar refractivity (Wildman–Crippen MR) is 102 cm³/mol. The number of hydrogen-bond acceptors (Lipinski definition) is 3. The summed E-state index contributed by atoms with van der Waals surface area (Å²) in [6, 6.07) is 14.0. The maximum Gasteiger partial charge on any atom is 0.253 e. The van der Waals surface area contributed by atoms with Crippen LogP contribution in [0.15, 0.2) is 53.5 Å². The van der Waals surface area contributed by atoms with Gasteiger partial charge >= 0.3 is 0 Å². The monoisotopic (exact) mass is 331 g/mol. The maximum absolute atomic E-state index is 12.4. The van der Waals surface area contributed by atoms with Gasteiger partial charge in [-0.1, -0.05) is 36.4 Å². The fraction of sp³-hybridized carbons (Fsp3) is 0.238. The summed E-state index contributed by atoms with van der Waals surface area (Å²) in [5.74, 6) is 0.757. The van der Waals surface area contributed by atoms with Crippen LogP contribution in [0.5, 0.6) is 0 Å². The van der Waals surface area contributed by atoms with Crippen molar-refractivity contribution in [2.75, 3.05) is 13.1 Å². The smallest absolute Gasteiger partial charge is 0.253 e. The third-order valence-corrected chi connectivity index (χ3v) is 4.78. The molecule has 126 valence electrons. The zero-order chi connectivity index (χ0) is 17.2. The molecule has 2 heterocycles. The summed E-state index contributed by atoms with van der Waals surface area (Å²) in [5.41, 5.74) is 10.8. The molecule has 0 bridgehead atoms. The number of amidine groups is 1. The zero-order valence-electron chi connectivity index (χ0n) is 14.1. The maximum atomic E-state index is 12.4. The molecule has 2 aromatic rings. The van der Waals surface area contributed by atoms with E-state index in [4.69, 9.17) is 5.73 Å². The molecule has 2 aliphatic rings. The third-order valence-electron chi connectivity index (χ3n) is 4.78. The quantitative estimate of drug-likeness (QED) is 0.904. The van der Waals surface area contributed by atoms with E-state index < -0.39 is 0 Å². The molecule has 2 aliphatic heterocycles. The van der Waals surface area contributed by atoms with Gasteiger partial charge in [0.25, 0.3) is 5.91 Å². The van der Waals surface area contributed by atoms with Crippen molar-refractivity contribution in [1.82, 2.24) is 4.90 Å². The average molecular weight is 331 g/mol. The van der Waals surface area contributed by atoms with Crippen LogP contribution in [-0.2, 0) is 0 Å². The first kappa shape index (κ1) is 15.6. The second-order valence-electron chi connectivity index (χ2n) is 6.56. The molecule has 2 aromatic carbocycles. The van der Waals surface area contributed by atoms with E-state index >= 15 is 0 Å². The van der Waals surface area contributed by atoms with E-state index in [1.165, 1.54) is 0 Å². The number of benzene rings is 2. The standard InChI is InChI=1S/C21H21N3O/c22-20-5-3-4-16-8-11-18(14-19(16)23-20)15-6-9-17(10-7-15)21(25)24-12-1-2-13-24/h3-4,6-11,14H,1-2,5,12-13H2,(H2,22,23). The summed E-state index contributed by atoms with van der Waals surface area (Å²) < 4.78 is 0. The normalized spacial score (nSPS) is 16.3. The lowest BCUT2D eigenvalue weighted by Crippen LogP contribution is -2.27. The van der Waals surface area contributed by atoms with Crippen molar-refractivity contribution in [3.8, 4) is 11.1 Å². The second kappa shape index (κ2) is 6.55. The van der Waals surface area contributed by atoms with Crippen LogP contribution in [0.25, 0.3) is 17.2 Å². The first-order valence-corrected chi connectivity index (χ1v) is 8.74. The predicted octanol–water partition coefficient (Wildman–Crippen LogP) is 4.00. The molecule has 0 radical (unpaired) electrons. The lowest BCUT2D eigenvalue weighted by molar-refractivity contribution is 0.0793. The van der Waals surface area contributed by atoms with Gasteiger partial charge in [-0.3, -0.25) is 4.79 Å². The highest BCUT2D eigenvalue weighted by Crippen LogP contribution is 2.30. The van der Waals surface area contributed by atoms with Gasteiger partial charge in [-0.2, -0.15) is 0 Å². The minimum atomic E-state index is 0.133. The van der Waals surface area contributed by atoms with Crippen LogP contribution in [0.3, 0.4) is 0 Å². The lowest BCUT2D eigenvalue weighted by atomic mass is 10.0. The number of nitrogens with two attached hydrogens (primary N) is 1. The van der Waals surface area contributed by atoms with E-state index in [0.717, 1.165) is 53.9 Å².